The molecule has 88 valence electrons. The number of carbonyl (C=O) groups excluding carboxylic acids is 1. The van der Waals surface area contributed by atoms with Crippen molar-refractivity contribution < 1.29 is 9.90 Å². The molecule has 0 atom stereocenters. The average molecular weight is 223 g/mol. The molecule has 2 N–H and O–H groups in total. The smallest absolute Gasteiger partial charge is 0.252 e. The summed E-state index contributed by atoms with van der Waals surface area (Å²) in [7, 11) is 3.78. The normalized spacial score (nSPS) is 9.94. The number of amides is 1. The lowest BCUT2D eigenvalue weighted by Crippen LogP contribution is -2.25. The summed E-state index contributed by atoms with van der Waals surface area (Å²) in [6.07, 6.45) is 2.11. The van der Waals surface area contributed by atoms with E-state index in [4.69, 9.17) is 5.11 Å². The highest BCUT2D eigenvalue weighted by atomic mass is 16.3. The molecule has 0 saturated heterocycles. The lowest BCUT2D eigenvalue weighted by Gasteiger charge is -2.11. The van der Waals surface area contributed by atoms with Crippen LogP contribution in [0.1, 0.15) is 16.8 Å². The van der Waals surface area contributed by atoms with Gasteiger partial charge in [0.25, 0.3) is 5.91 Å². The second-order valence-corrected chi connectivity index (χ2v) is 3.63. The zero-order chi connectivity index (χ0) is 12.0. The number of nitrogens with zero attached hydrogens (tertiary/aromatic N) is 2. The molecule has 1 amide bonds. The summed E-state index contributed by atoms with van der Waals surface area (Å²) in [4.78, 5) is 17.6. The molecule has 1 heterocycles. The minimum Gasteiger partial charge on any atom is -0.396 e. The van der Waals surface area contributed by atoms with Gasteiger partial charge in [0.2, 0.25) is 0 Å². The van der Waals surface area contributed by atoms with Gasteiger partial charge in [-0.25, -0.2) is 4.98 Å². The van der Waals surface area contributed by atoms with Crippen molar-refractivity contribution in [3.05, 3.63) is 23.9 Å². The fourth-order valence-electron chi connectivity index (χ4n) is 1.17. The molecule has 0 unspecified atom stereocenters. The largest absolute Gasteiger partial charge is 0.396 e. The van der Waals surface area contributed by atoms with Gasteiger partial charge in [0, 0.05) is 33.4 Å². The Labute approximate surface area is 95.1 Å². The maximum atomic E-state index is 11.6. The molecule has 0 aliphatic heterocycles. The van der Waals surface area contributed by atoms with Crippen molar-refractivity contribution in [2.75, 3.05) is 32.1 Å². The third-order valence-corrected chi connectivity index (χ3v) is 2.09. The van der Waals surface area contributed by atoms with Crippen molar-refractivity contribution in [1.29, 1.82) is 0 Å². The molecule has 0 radical (unpaired) electrons. The summed E-state index contributed by atoms with van der Waals surface area (Å²) in [5.41, 5.74) is 0.531. The van der Waals surface area contributed by atoms with E-state index < -0.39 is 0 Å². The summed E-state index contributed by atoms with van der Waals surface area (Å²) in [6.45, 7) is 0.558. The predicted molar refractivity (Wildman–Crippen MR) is 62.6 cm³/mol. The molecule has 1 aromatic heterocycles. The predicted octanol–water partition coefficient (Wildman–Crippen LogP) is 0.260. The molecular formula is C11H17N3O2. The van der Waals surface area contributed by atoms with Crippen LogP contribution < -0.4 is 10.2 Å². The Kier molecular flexibility index (Phi) is 4.72. The average Bonchev–Trinajstić information content (AvgIpc) is 2.29. The highest BCUT2D eigenvalue weighted by Crippen LogP contribution is 2.07. The Balaban J connectivity index is 2.56. The van der Waals surface area contributed by atoms with Crippen molar-refractivity contribution in [2.45, 2.75) is 6.42 Å². The molecule has 0 aromatic carbocycles. The van der Waals surface area contributed by atoms with Gasteiger partial charge in [-0.15, -0.1) is 0 Å². The summed E-state index contributed by atoms with van der Waals surface area (Å²) in [5.74, 6) is 0.651. The molecule has 0 fully saturated rings. The molecular weight excluding hydrogens is 206 g/mol. The number of hydrogen-bond acceptors (Lipinski definition) is 4. The van der Waals surface area contributed by atoms with Crippen molar-refractivity contribution in [3.63, 3.8) is 0 Å². The van der Waals surface area contributed by atoms with E-state index in [1.54, 1.807) is 18.3 Å². The van der Waals surface area contributed by atoms with E-state index in [-0.39, 0.29) is 12.5 Å². The number of carbonyl (C=O) groups is 1. The van der Waals surface area contributed by atoms with E-state index in [0.29, 0.717) is 18.5 Å². The minimum atomic E-state index is -0.161. The molecule has 0 saturated carbocycles. The fourth-order valence-corrected chi connectivity index (χ4v) is 1.17. The first kappa shape index (κ1) is 12.4. The van der Waals surface area contributed by atoms with Gasteiger partial charge >= 0.3 is 0 Å². The number of nitrogens with one attached hydrogen (secondary N) is 1. The van der Waals surface area contributed by atoms with Crippen molar-refractivity contribution in [2.24, 2.45) is 0 Å². The lowest BCUT2D eigenvalue weighted by molar-refractivity contribution is 0.0951. The number of aliphatic hydroxyl groups excluding tert-OH is 1. The molecule has 0 spiro atoms. The van der Waals surface area contributed by atoms with Gasteiger partial charge in [-0.05, 0) is 18.6 Å². The van der Waals surface area contributed by atoms with Gasteiger partial charge in [0.05, 0.1) is 5.56 Å². The van der Waals surface area contributed by atoms with Crippen LogP contribution >= 0.6 is 0 Å². The Morgan fingerprint density at radius 3 is 2.75 bits per heavy atom. The summed E-state index contributed by atoms with van der Waals surface area (Å²) < 4.78 is 0. The second kappa shape index (κ2) is 6.07. The highest BCUT2D eigenvalue weighted by Gasteiger charge is 2.05. The van der Waals surface area contributed by atoms with Crippen molar-refractivity contribution >= 4 is 11.7 Å². The number of aliphatic hydroxyl groups is 1. The SMILES string of the molecule is CN(C)c1ccc(C(=O)NCCCO)cn1. The maximum absolute atomic E-state index is 11.6. The fraction of sp³-hybridized carbons (Fsp3) is 0.455. The summed E-state index contributed by atoms with van der Waals surface area (Å²) >= 11 is 0. The van der Waals surface area contributed by atoms with Crippen molar-refractivity contribution in [1.82, 2.24) is 10.3 Å². The van der Waals surface area contributed by atoms with Gasteiger partial charge < -0.3 is 15.3 Å². The van der Waals surface area contributed by atoms with Crippen LogP contribution in [0.15, 0.2) is 18.3 Å². The van der Waals surface area contributed by atoms with Gasteiger partial charge in [0.15, 0.2) is 0 Å². The van der Waals surface area contributed by atoms with Crippen LogP contribution in [0.5, 0.6) is 0 Å². The summed E-state index contributed by atoms with van der Waals surface area (Å²) in [6, 6.07) is 3.53. The Bertz CT molecular complexity index is 336. The van der Waals surface area contributed by atoms with Crippen LogP contribution in [0.2, 0.25) is 0 Å². The van der Waals surface area contributed by atoms with Gasteiger partial charge in [-0.2, -0.15) is 0 Å². The monoisotopic (exact) mass is 223 g/mol. The molecule has 1 rings (SSSR count). The van der Waals surface area contributed by atoms with Gasteiger partial charge in [0.1, 0.15) is 5.82 Å². The van der Waals surface area contributed by atoms with Crippen LogP contribution in [0.3, 0.4) is 0 Å². The topological polar surface area (TPSA) is 65.5 Å². The van der Waals surface area contributed by atoms with Crippen molar-refractivity contribution in [3.8, 4) is 0 Å². The maximum Gasteiger partial charge on any atom is 0.252 e. The van der Waals surface area contributed by atoms with Crippen LogP contribution in [0.4, 0.5) is 5.82 Å². The molecule has 16 heavy (non-hydrogen) atoms. The molecule has 5 nitrogen and oxygen atoms in total. The molecule has 5 heteroatoms. The number of hydrogen-bond donors (Lipinski definition) is 2. The number of aromatic nitrogens is 1. The first-order valence-electron chi connectivity index (χ1n) is 5.17. The Hall–Kier alpha value is -1.62. The third kappa shape index (κ3) is 3.51. The van der Waals surface area contributed by atoms with Crippen LogP contribution in [-0.4, -0.2) is 43.2 Å². The number of rotatable bonds is 5. The molecule has 1 aromatic rings. The molecule has 0 aliphatic rings. The first-order chi connectivity index (χ1) is 7.65. The Morgan fingerprint density at radius 1 is 1.50 bits per heavy atom. The third-order valence-electron chi connectivity index (χ3n) is 2.09. The highest BCUT2D eigenvalue weighted by molar-refractivity contribution is 5.94. The quantitative estimate of drug-likeness (QED) is 0.703. The summed E-state index contributed by atoms with van der Waals surface area (Å²) in [5, 5.41) is 11.3. The zero-order valence-corrected chi connectivity index (χ0v) is 9.60. The lowest BCUT2D eigenvalue weighted by atomic mass is 10.2. The van der Waals surface area contributed by atoms with E-state index in [1.165, 1.54) is 0 Å². The van der Waals surface area contributed by atoms with Crippen LogP contribution in [0.25, 0.3) is 0 Å². The van der Waals surface area contributed by atoms with E-state index in [2.05, 4.69) is 10.3 Å². The second-order valence-electron chi connectivity index (χ2n) is 3.63. The number of anilines is 1. The van der Waals surface area contributed by atoms with E-state index in [9.17, 15) is 4.79 Å². The first-order valence-corrected chi connectivity index (χ1v) is 5.17. The van der Waals surface area contributed by atoms with E-state index >= 15 is 0 Å². The van der Waals surface area contributed by atoms with Gasteiger partial charge in [-0.3, -0.25) is 4.79 Å². The van der Waals surface area contributed by atoms with E-state index in [0.717, 1.165) is 5.82 Å². The molecule has 0 bridgehead atoms. The van der Waals surface area contributed by atoms with E-state index in [1.807, 2.05) is 19.0 Å². The van der Waals surface area contributed by atoms with Crippen LogP contribution in [-0.2, 0) is 0 Å². The minimum absolute atomic E-state index is 0.0814. The van der Waals surface area contributed by atoms with Gasteiger partial charge in [-0.1, -0.05) is 0 Å². The van der Waals surface area contributed by atoms with Crippen LogP contribution in [0, 0.1) is 0 Å². The standard InChI is InChI=1S/C11H17N3O2/c1-14(2)10-5-4-9(8-13-10)11(16)12-6-3-7-15/h4-5,8,15H,3,6-7H2,1-2H3,(H,12,16). The zero-order valence-electron chi connectivity index (χ0n) is 9.60. The Morgan fingerprint density at radius 2 is 2.25 bits per heavy atom. The molecule has 0 aliphatic carbocycles. The number of pyridine rings is 1.